The molecular weight excluding hydrogens is 298 g/mol. The second-order valence-electron chi connectivity index (χ2n) is 4.08. The van der Waals surface area contributed by atoms with Crippen LogP contribution in [0.2, 0.25) is 0 Å². The van der Waals surface area contributed by atoms with E-state index in [2.05, 4.69) is 4.84 Å². The Morgan fingerprint density at radius 2 is 0.955 bits per heavy atom. The van der Waals surface area contributed by atoms with Gasteiger partial charge in [0.25, 0.3) is 0 Å². The van der Waals surface area contributed by atoms with Gasteiger partial charge in [-0.3, -0.25) is 4.79 Å². The number of hydrogen-bond donors (Lipinski definition) is 2. The van der Waals surface area contributed by atoms with E-state index in [0.29, 0.717) is 66.1 Å². The third-order valence-corrected chi connectivity index (χ3v) is 2.29. The number of carbonyl (C=O) groups is 1. The average molecular weight is 325 g/mol. The molecule has 132 valence electrons. The Morgan fingerprint density at radius 3 is 1.27 bits per heavy atom. The fourth-order valence-electron chi connectivity index (χ4n) is 1.25. The number of hydrogen-bond acceptors (Lipinski definition) is 8. The first kappa shape index (κ1) is 21.2. The molecule has 0 bridgehead atoms. The molecule has 0 aliphatic carbocycles. The maximum atomic E-state index is 10.2. The molecule has 0 heterocycles. The van der Waals surface area contributed by atoms with Crippen molar-refractivity contribution >= 4 is 5.97 Å². The number of rotatable bonds is 18. The zero-order valence-corrected chi connectivity index (χ0v) is 12.9. The Hall–Kier alpha value is -0.810. The van der Waals surface area contributed by atoms with E-state index in [1.807, 2.05) is 0 Å². The van der Waals surface area contributed by atoms with Gasteiger partial charge >= 0.3 is 5.97 Å². The van der Waals surface area contributed by atoms with Gasteiger partial charge < -0.3 is 33.6 Å². The van der Waals surface area contributed by atoms with Crippen LogP contribution in [-0.2, 0) is 33.3 Å². The number of ether oxygens (including phenoxy) is 5. The van der Waals surface area contributed by atoms with Gasteiger partial charge in [-0.2, -0.15) is 0 Å². The zero-order valence-electron chi connectivity index (χ0n) is 12.9. The van der Waals surface area contributed by atoms with Crippen LogP contribution < -0.4 is 5.90 Å². The summed E-state index contributed by atoms with van der Waals surface area (Å²) in [5.41, 5.74) is 0. The van der Waals surface area contributed by atoms with Crippen LogP contribution in [0.3, 0.4) is 0 Å². The van der Waals surface area contributed by atoms with Crippen molar-refractivity contribution in [3.63, 3.8) is 0 Å². The summed E-state index contributed by atoms with van der Waals surface area (Å²) in [5, 5.41) is 8.38. The van der Waals surface area contributed by atoms with Crippen molar-refractivity contribution in [2.75, 3.05) is 72.7 Å². The van der Waals surface area contributed by atoms with E-state index in [1.54, 1.807) is 0 Å². The summed E-state index contributed by atoms with van der Waals surface area (Å²) in [6.07, 6.45) is 0.00888. The minimum atomic E-state index is -0.868. The Balaban J connectivity index is 2.95. The highest BCUT2D eigenvalue weighted by Crippen LogP contribution is 1.85. The number of carboxylic acid groups (broad SMARTS) is 1. The summed E-state index contributed by atoms with van der Waals surface area (Å²) < 4.78 is 26.0. The molecule has 0 spiro atoms. The van der Waals surface area contributed by atoms with Crippen LogP contribution >= 0.6 is 0 Å². The fraction of sp³-hybridized carbons (Fsp3) is 0.923. The Morgan fingerprint density at radius 1 is 0.636 bits per heavy atom. The van der Waals surface area contributed by atoms with Crippen molar-refractivity contribution in [2.45, 2.75) is 6.42 Å². The second-order valence-corrected chi connectivity index (χ2v) is 4.08. The van der Waals surface area contributed by atoms with Crippen molar-refractivity contribution < 1.29 is 38.4 Å². The van der Waals surface area contributed by atoms with E-state index in [1.165, 1.54) is 0 Å². The third-order valence-electron chi connectivity index (χ3n) is 2.29. The first-order chi connectivity index (χ1) is 10.8. The predicted octanol–water partition coefficient (Wildman–Crippen LogP) is -0.566. The first-order valence-electron chi connectivity index (χ1n) is 7.19. The molecule has 3 N–H and O–H groups in total. The lowest BCUT2D eigenvalue weighted by molar-refractivity contribution is -0.138. The van der Waals surface area contributed by atoms with Gasteiger partial charge in [-0.05, 0) is 0 Å². The Kier molecular flexibility index (Phi) is 17.6. The van der Waals surface area contributed by atoms with Gasteiger partial charge in [0.2, 0.25) is 0 Å². The molecule has 0 rings (SSSR count). The monoisotopic (exact) mass is 325 g/mol. The molecule has 0 saturated carbocycles. The van der Waals surface area contributed by atoms with E-state index in [-0.39, 0.29) is 13.0 Å². The van der Waals surface area contributed by atoms with Gasteiger partial charge in [0.15, 0.2) is 0 Å². The highest BCUT2D eigenvalue weighted by atomic mass is 16.6. The quantitative estimate of drug-likeness (QED) is 0.252. The fourth-order valence-corrected chi connectivity index (χ4v) is 1.25. The Bertz CT molecular complexity index is 242. The third kappa shape index (κ3) is 19.2. The lowest BCUT2D eigenvalue weighted by Gasteiger charge is -2.07. The summed E-state index contributed by atoms with van der Waals surface area (Å²) in [7, 11) is 0. The number of nitrogens with two attached hydrogens (primary N) is 1. The average Bonchev–Trinajstić information content (AvgIpc) is 2.50. The molecule has 0 fully saturated rings. The summed E-state index contributed by atoms with van der Waals surface area (Å²) >= 11 is 0. The molecular formula is C13H27NO8. The Labute approximate surface area is 130 Å². The van der Waals surface area contributed by atoms with Gasteiger partial charge in [0.1, 0.15) is 0 Å². The molecule has 0 radical (unpaired) electrons. The van der Waals surface area contributed by atoms with Crippen LogP contribution in [0.5, 0.6) is 0 Å². The van der Waals surface area contributed by atoms with Gasteiger partial charge in [-0.25, -0.2) is 5.90 Å². The normalized spacial score (nSPS) is 11.0. The van der Waals surface area contributed by atoms with Crippen molar-refractivity contribution in [1.82, 2.24) is 0 Å². The van der Waals surface area contributed by atoms with Crippen LogP contribution in [0.4, 0.5) is 0 Å². The molecule has 0 unspecified atom stereocenters. The van der Waals surface area contributed by atoms with Crippen LogP contribution in [0, 0.1) is 0 Å². The largest absolute Gasteiger partial charge is 0.481 e. The van der Waals surface area contributed by atoms with Crippen LogP contribution in [0.1, 0.15) is 6.42 Å². The van der Waals surface area contributed by atoms with E-state index >= 15 is 0 Å². The SMILES string of the molecule is NOCCOCCOCCOCCOCCOCCC(=O)O. The van der Waals surface area contributed by atoms with E-state index in [4.69, 9.17) is 34.7 Å². The summed E-state index contributed by atoms with van der Waals surface area (Å²) in [4.78, 5) is 14.5. The van der Waals surface area contributed by atoms with Gasteiger partial charge in [-0.15, -0.1) is 0 Å². The highest BCUT2D eigenvalue weighted by Gasteiger charge is 1.96. The van der Waals surface area contributed by atoms with Crippen molar-refractivity contribution in [2.24, 2.45) is 5.90 Å². The number of aliphatic carboxylic acids is 1. The molecule has 0 aromatic heterocycles. The maximum absolute atomic E-state index is 10.2. The van der Waals surface area contributed by atoms with Crippen LogP contribution in [-0.4, -0.2) is 83.8 Å². The first-order valence-corrected chi connectivity index (χ1v) is 7.19. The molecule has 9 heteroatoms. The maximum Gasteiger partial charge on any atom is 0.305 e. The van der Waals surface area contributed by atoms with Crippen LogP contribution in [0.25, 0.3) is 0 Å². The van der Waals surface area contributed by atoms with Crippen molar-refractivity contribution in [1.29, 1.82) is 0 Å². The molecule has 0 aromatic rings. The molecule has 0 aliphatic heterocycles. The lowest BCUT2D eigenvalue weighted by Crippen LogP contribution is -2.14. The predicted molar refractivity (Wildman–Crippen MR) is 76.5 cm³/mol. The molecule has 9 nitrogen and oxygen atoms in total. The molecule has 0 aliphatic rings. The highest BCUT2D eigenvalue weighted by molar-refractivity contribution is 5.66. The molecule has 22 heavy (non-hydrogen) atoms. The molecule has 0 saturated heterocycles. The minimum absolute atomic E-state index is 0.00888. The van der Waals surface area contributed by atoms with E-state index in [9.17, 15) is 4.79 Å². The smallest absolute Gasteiger partial charge is 0.305 e. The van der Waals surface area contributed by atoms with Crippen molar-refractivity contribution in [3.05, 3.63) is 0 Å². The topological polar surface area (TPSA) is 119 Å². The van der Waals surface area contributed by atoms with E-state index in [0.717, 1.165) is 0 Å². The van der Waals surface area contributed by atoms with E-state index < -0.39 is 5.97 Å². The standard InChI is InChI=1S/C13H27NO8/c14-22-12-11-21-10-9-20-8-7-19-6-5-18-4-3-17-2-1-13(15)16/h1-12,14H2,(H,15,16). The molecule has 0 aromatic carbocycles. The summed E-state index contributed by atoms with van der Waals surface area (Å²) in [6.45, 7) is 4.74. The summed E-state index contributed by atoms with van der Waals surface area (Å²) in [6, 6.07) is 0. The second kappa shape index (κ2) is 18.2. The minimum Gasteiger partial charge on any atom is -0.481 e. The zero-order chi connectivity index (χ0) is 16.3. The van der Waals surface area contributed by atoms with Gasteiger partial charge in [-0.1, -0.05) is 0 Å². The van der Waals surface area contributed by atoms with Gasteiger partial charge in [0, 0.05) is 0 Å². The molecule has 0 atom stereocenters. The number of carboxylic acids is 1. The molecule has 0 amide bonds. The van der Waals surface area contributed by atoms with Crippen LogP contribution in [0.15, 0.2) is 0 Å². The summed E-state index contributed by atoms with van der Waals surface area (Å²) in [5.74, 6) is 3.97. The van der Waals surface area contributed by atoms with Crippen molar-refractivity contribution in [3.8, 4) is 0 Å². The lowest BCUT2D eigenvalue weighted by atomic mass is 10.5. The van der Waals surface area contributed by atoms with Gasteiger partial charge in [0.05, 0.1) is 79.1 Å².